The third kappa shape index (κ3) is 2.79. The average Bonchev–Trinajstić information content (AvgIpc) is 2.35. The van der Waals surface area contributed by atoms with Gasteiger partial charge in [0.2, 0.25) is 5.91 Å². The summed E-state index contributed by atoms with van der Waals surface area (Å²) in [5, 5.41) is 2.77. The van der Waals surface area contributed by atoms with Crippen molar-refractivity contribution >= 4 is 23.0 Å². The lowest BCUT2D eigenvalue weighted by atomic mass is 10.1. The molecule has 0 atom stereocenters. The van der Waals surface area contributed by atoms with Gasteiger partial charge in [-0.25, -0.2) is 0 Å². The summed E-state index contributed by atoms with van der Waals surface area (Å²) >= 11 is 0. The van der Waals surface area contributed by atoms with Crippen LogP contribution in [0.15, 0.2) is 48.5 Å². The van der Waals surface area contributed by atoms with Crippen LogP contribution >= 0.6 is 0 Å². The minimum atomic E-state index is -0.134. The van der Waals surface area contributed by atoms with E-state index in [9.17, 15) is 4.79 Å². The zero-order valence-electron chi connectivity index (χ0n) is 9.89. The van der Waals surface area contributed by atoms with Gasteiger partial charge in [-0.3, -0.25) is 4.79 Å². The van der Waals surface area contributed by atoms with Gasteiger partial charge < -0.3 is 16.8 Å². The standard InChI is InChI=1S/C14H15N3O/c15-11-6-2-1-5-10(11)9-14(18)17-13-8-4-3-7-12(13)16/h1-8H,9,15-16H2,(H,17,18). The molecule has 92 valence electrons. The number of para-hydroxylation sites is 3. The van der Waals surface area contributed by atoms with E-state index in [-0.39, 0.29) is 12.3 Å². The molecule has 0 aliphatic rings. The number of hydrogen-bond donors (Lipinski definition) is 3. The second kappa shape index (κ2) is 5.23. The van der Waals surface area contributed by atoms with Gasteiger partial charge in [0.05, 0.1) is 17.8 Å². The molecule has 5 N–H and O–H groups in total. The summed E-state index contributed by atoms with van der Waals surface area (Å²) in [7, 11) is 0. The molecule has 0 saturated carbocycles. The van der Waals surface area contributed by atoms with Gasteiger partial charge in [0, 0.05) is 5.69 Å². The van der Waals surface area contributed by atoms with Crippen molar-refractivity contribution in [3.8, 4) is 0 Å². The Balaban J connectivity index is 2.06. The zero-order valence-corrected chi connectivity index (χ0v) is 9.89. The molecule has 0 bridgehead atoms. The number of nitrogen functional groups attached to an aromatic ring is 2. The van der Waals surface area contributed by atoms with Crippen molar-refractivity contribution in [2.75, 3.05) is 16.8 Å². The zero-order chi connectivity index (χ0) is 13.0. The Morgan fingerprint density at radius 1 is 0.944 bits per heavy atom. The lowest BCUT2D eigenvalue weighted by Crippen LogP contribution is -2.16. The van der Waals surface area contributed by atoms with E-state index in [0.29, 0.717) is 17.1 Å². The highest BCUT2D eigenvalue weighted by atomic mass is 16.1. The van der Waals surface area contributed by atoms with E-state index in [0.717, 1.165) is 5.56 Å². The van der Waals surface area contributed by atoms with Crippen LogP contribution in [0.5, 0.6) is 0 Å². The fraction of sp³-hybridized carbons (Fsp3) is 0.0714. The van der Waals surface area contributed by atoms with Crippen molar-refractivity contribution in [1.82, 2.24) is 0 Å². The van der Waals surface area contributed by atoms with Crippen molar-refractivity contribution in [3.05, 3.63) is 54.1 Å². The molecule has 2 rings (SSSR count). The highest BCUT2D eigenvalue weighted by Gasteiger charge is 2.07. The van der Waals surface area contributed by atoms with Crippen molar-refractivity contribution in [2.24, 2.45) is 0 Å². The first-order valence-corrected chi connectivity index (χ1v) is 5.64. The van der Waals surface area contributed by atoms with Gasteiger partial charge in [-0.1, -0.05) is 30.3 Å². The number of nitrogens with two attached hydrogens (primary N) is 2. The first-order valence-electron chi connectivity index (χ1n) is 5.64. The van der Waals surface area contributed by atoms with E-state index in [1.54, 1.807) is 18.2 Å². The summed E-state index contributed by atoms with van der Waals surface area (Å²) in [6.07, 6.45) is 0.237. The molecule has 0 aromatic heterocycles. The molecule has 18 heavy (non-hydrogen) atoms. The van der Waals surface area contributed by atoms with Crippen molar-refractivity contribution < 1.29 is 4.79 Å². The molecule has 2 aromatic rings. The van der Waals surface area contributed by atoms with Crippen molar-refractivity contribution in [3.63, 3.8) is 0 Å². The molecule has 1 amide bonds. The van der Waals surface area contributed by atoms with Gasteiger partial charge >= 0.3 is 0 Å². The number of anilines is 3. The van der Waals surface area contributed by atoms with E-state index < -0.39 is 0 Å². The lowest BCUT2D eigenvalue weighted by molar-refractivity contribution is -0.115. The monoisotopic (exact) mass is 241 g/mol. The van der Waals surface area contributed by atoms with Crippen LogP contribution in [0.3, 0.4) is 0 Å². The molecule has 0 aliphatic heterocycles. The van der Waals surface area contributed by atoms with E-state index in [1.165, 1.54) is 0 Å². The lowest BCUT2D eigenvalue weighted by Gasteiger charge is -2.09. The Kier molecular flexibility index (Phi) is 3.48. The molecule has 4 nitrogen and oxygen atoms in total. The van der Waals surface area contributed by atoms with Crippen molar-refractivity contribution in [2.45, 2.75) is 6.42 Å². The summed E-state index contributed by atoms with van der Waals surface area (Å²) in [4.78, 5) is 11.9. The Labute approximate surface area is 106 Å². The van der Waals surface area contributed by atoms with Gasteiger partial charge in [0.25, 0.3) is 0 Å². The summed E-state index contributed by atoms with van der Waals surface area (Å²) in [5.41, 5.74) is 14.1. The molecule has 0 unspecified atom stereocenters. The Morgan fingerprint density at radius 3 is 2.22 bits per heavy atom. The van der Waals surface area contributed by atoms with Crippen LogP contribution in [0.1, 0.15) is 5.56 Å². The van der Waals surface area contributed by atoms with E-state index in [2.05, 4.69) is 5.32 Å². The highest BCUT2D eigenvalue weighted by molar-refractivity contribution is 5.95. The van der Waals surface area contributed by atoms with Crippen LogP contribution in [0.2, 0.25) is 0 Å². The van der Waals surface area contributed by atoms with E-state index >= 15 is 0 Å². The second-order valence-electron chi connectivity index (χ2n) is 4.01. The Hall–Kier alpha value is -2.49. The molecule has 4 heteroatoms. The van der Waals surface area contributed by atoms with Crippen LogP contribution in [-0.4, -0.2) is 5.91 Å². The Morgan fingerprint density at radius 2 is 1.56 bits per heavy atom. The average molecular weight is 241 g/mol. The summed E-state index contributed by atoms with van der Waals surface area (Å²) in [6.45, 7) is 0. The van der Waals surface area contributed by atoms with Crippen molar-refractivity contribution in [1.29, 1.82) is 0 Å². The topological polar surface area (TPSA) is 81.1 Å². The van der Waals surface area contributed by atoms with E-state index in [4.69, 9.17) is 11.5 Å². The third-order valence-electron chi connectivity index (χ3n) is 2.64. The number of carbonyl (C=O) groups is 1. The maximum absolute atomic E-state index is 11.9. The smallest absolute Gasteiger partial charge is 0.228 e. The molecule has 0 heterocycles. The van der Waals surface area contributed by atoms with Gasteiger partial charge in [0.1, 0.15) is 0 Å². The molecule has 0 spiro atoms. The maximum atomic E-state index is 11.9. The van der Waals surface area contributed by atoms with Gasteiger partial charge in [0.15, 0.2) is 0 Å². The normalized spacial score (nSPS) is 10.0. The number of benzene rings is 2. The largest absolute Gasteiger partial charge is 0.398 e. The number of amides is 1. The van der Waals surface area contributed by atoms with E-state index in [1.807, 2.05) is 30.3 Å². The molecule has 0 radical (unpaired) electrons. The van der Waals surface area contributed by atoms with Gasteiger partial charge in [-0.05, 0) is 23.8 Å². The van der Waals surface area contributed by atoms with Crippen LogP contribution in [0, 0.1) is 0 Å². The van der Waals surface area contributed by atoms with Gasteiger partial charge in [-0.15, -0.1) is 0 Å². The second-order valence-corrected chi connectivity index (χ2v) is 4.01. The third-order valence-corrected chi connectivity index (χ3v) is 2.64. The predicted molar refractivity (Wildman–Crippen MR) is 74.0 cm³/mol. The number of hydrogen-bond acceptors (Lipinski definition) is 3. The number of rotatable bonds is 3. The van der Waals surface area contributed by atoms with Crippen LogP contribution < -0.4 is 16.8 Å². The minimum absolute atomic E-state index is 0.134. The molecule has 2 aromatic carbocycles. The molecule has 0 aliphatic carbocycles. The SMILES string of the molecule is Nc1ccccc1CC(=O)Nc1ccccc1N. The highest BCUT2D eigenvalue weighted by Crippen LogP contribution is 2.18. The molecule has 0 saturated heterocycles. The predicted octanol–water partition coefficient (Wildman–Crippen LogP) is 2.03. The Bertz CT molecular complexity index is 517. The fourth-order valence-corrected chi connectivity index (χ4v) is 1.67. The summed E-state index contributed by atoms with van der Waals surface area (Å²) < 4.78 is 0. The molecular weight excluding hydrogens is 226 g/mol. The first-order chi connectivity index (χ1) is 8.66. The quantitative estimate of drug-likeness (QED) is 0.719. The number of nitrogens with one attached hydrogen (secondary N) is 1. The maximum Gasteiger partial charge on any atom is 0.228 e. The van der Waals surface area contributed by atoms with Crippen LogP contribution in [0.4, 0.5) is 17.1 Å². The summed E-state index contributed by atoms with van der Waals surface area (Å²) in [6, 6.07) is 14.5. The first kappa shape index (κ1) is 12.0. The number of carbonyl (C=O) groups excluding carboxylic acids is 1. The summed E-state index contributed by atoms with van der Waals surface area (Å²) in [5.74, 6) is -0.134. The molecular formula is C14H15N3O. The van der Waals surface area contributed by atoms with Gasteiger partial charge in [-0.2, -0.15) is 0 Å². The molecule has 0 fully saturated rings. The minimum Gasteiger partial charge on any atom is -0.398 e. The van der Waals surface area contributed by atoms with Crippen LogP contribution in [0.25, 0.3) is 0 Å². The van der Waals surface area contributed by atoms with Crippen LogP contribution in [-0.2, 0) is 11.2 Å². The fourth-order valence-electron chi connectivity index (χ4n) is 1.67.